The van der Waals surface area contributed by atoms with Crippen LogP contribution in [0.2, 0.25) is 0 Å². The highest BCUT2D eigenvalue weighted by molar-refractivity contribution is 7.98. The molecule has 27 heavy (non-hydrogen) atoms. The zero-order valence-electron chi connectivity index (χ0n) is 15.3. The third-order valence-electron chi connectivity index (χ3n) is 4.41. The van der Waals surface area contributed by atoms with E-state index in [0.29, 0.717) is 10.5 Å². The molecule has 3 aromatic carbocycles. The number of rotatable bonds is 4. The van der Waals surface area contributed by atoms with Gasteiger partial charge in [0, 0.05) is 5.75 Å². The maximum Gasteiger partial charge on any atom is 0.266 e. The molecule has 0 radical (unpaired) electrons. The minimum absolute atomic E-state index is 0.0327. The summed E-state index contributed by atoms with van der Waals surface area (Å²) in [5, 5.41) is 1.35. The van der Waals surface area contributed by atoms with E-state index in [0.717, 1.165) is 17.0 Å². The lowest BCUT2D eigenvalue weighted by atomic mass is 10.1. The van der Waals surface area contributed by atoms with Crippen LogP contribution in [-0.4, -0.2) is 9.55 Å². The summed E-state index contributed by atoms with van der Waals surface area (Å²) in [6.07, 6.45) is 0. The van der Waals surface area contributed by atoms with Crippen LogP contribution >= 0.6 is 11.8 Å². The predicted molar refractivity (Wildman–Crippen MR) is 113 cm³/mol. The fraction of sp³-hybridized carbons (Fsp3) is 0.130. The second-order valence-electron chi connectivity index (χ2n) is 6.67. The highest BCUT2D eigenvalue weighted by Gasteiger charge is 2.13. The molecule has 0 aliphatic rings. The number of benzene rings is 3. The molecular weight excluding hydrogens is 352 g/mol. The Morgan fingerprint density at radius 3 is 2.30 bits per heavy atom. The van der Waals surface area contributed by atoms with Crippen molar-refractivity contribution in [3.8, 4) is 5.69 Å². The van der Waals surface area contributed by atoms with Gasteiger partial charge in [-0.25, -0.2) is 4.98 Å². The largest absolute Gasteiger partial charge is 0.268 e. The zero-order valence-corrected chi connectivity index (χ0v) is 16.2. The van der Waals surface area contributed by atoms with Gasteiger partial charge in [-0.05, 0) is 43.7 Å². The minimum Gasteiger partial charge on any atom is -0.268 e. The highest BCUT2D eigenvalue weighted by Crippen LogP contribution is 2.25. The van der Waals surface area contributed by atoms with Gasteiger partial charge in [0.15, 0.2) is 5.16 Å². The van der Waals surface area contributed by atoms with Crippen molar-refractivity contribution in [2.75, 3.05) is 0 Å². The number of thioether (sulfide) groups is 1. The number of para-hydroxylation sites is 2. The van der Waals surface area contributed by atoms with Crippen molar-refractivity contribution in [3.63, 3.8) is 0 Å². The molecule has 0 N–H and O–H groups in total. The Kier molecular flexibility index (Phi) is 4.82. The molecule has 0 aliphatic carbocycles. The molecular formula is C23H20N2OS. The van der Waals surface area contributed by atoms with E-state index in [1.165, 1.54) is 16.7 Å². The molecule has 0 amide bonds. The van der Waals surface area contributed by atoms with Gasteiger partial charge < -0.3 is 0 Å². The number of aromatic nitrogens is 2. The zero-order chi connectivity index (χ0) is 18.8. The molecule has 0 atom stereocenters. The normalized spacial score (nSPS) is 11.0. The first-order chi connectivity index (χ1) is 13.1. The summed E-state index contributed by atoms with van der Waals surface area (Å²) < 4.78 is 1.72. The Morgan fingerprint density at radius 2 is 1.56 bits per heavy atom. The van der Waals surface area contributed by atoms with E-state index in [-0.39, 0.29) is 5.56 Å². The minimum atomic E-state index is -0.0327. The average molecular weight is 372 g/mol. The number of nitrogens with zero attached hydrogens (tertiary/aromatic N) is 2. The Labute approximate surface area is 162 Å². The van der Waals surface area contributed by atoms with Crippen LogP contribution in [0.15, 0.2) is 82.7 Å². The van der Waals surface area contributed by atoms with Crippen molar-refractivity contribution in [2.24, 2.45) is 0 Å². The van der Waals surface area contributed by atoms with Gasteiger partial charge >= 0.3 is 0 Å². The number of aryl methyl sites for hydroxylation is 2. The summed E-state index contributed by atoms with van der Waals surface area (Å²) in [4.78, 5) is 18.0. The molecule has 0 saturated carbocycles. The van der Waals surface area contributed by atoms with Gasteiger partial charge in [0.25, 0.3) is 5.56 Å². The molecule has 0 unspecified atom stereocenters. The van der Waals surface area contributed by atoms with Gasteiger partial charge in [-0.1, -0.05) is 71.4 Å². The Bertz CT molecular complexity index is 1150. The van der Waals surface area contributed by atoms with Crippen LogP contribution in [0.1, 0.15) is 16.7 Å². The van der Waals surface area contributed by atoms with Crippen LogP contribution in [0.25, 0.3) is 16.6 Å². The smallest absolute Gasteiger partial charge is 0.266 e. The quantitative estimate of drug-likeness (QED) is 0.360. The van der Waals surface area contributed by atoms with E-state index >= 15 is 0 Å². The first-order valence-electron chi connectivity index (χ1n) is 8.89. The van der Waals surface area contributed by atoms with Gasteiger partial charge in [-0.15, -0.1) is 0 Å². The molecule has 0 spiro atoms. The lowest BCUT2D eigenvalue weighted by Crippen LogP contribution is -2.21. The van der Waals surface area contributed by atoms with Crippen LogP contribution in [0.5, 0.6) is 0 Å². The molecule has 4 aromatic rings. The molecule has 0 bridgehead atoms. The maximum atomic E-state index is 13.2. The molecule has 0 aliphatic heterocycles. The summed E-state index contributed by atoms with van der Waals surface area (Å²) in [6, 6.07) is 23.8. The van der Waals surface area contributed by atoms with E-state index < -0.39 is 0 Å². The number of fused-ring (bicyclic) bond motifs is 1. The Balaban J connectivity index is 1.82. The van der Waals surface area contributed by atoms with E-state index in [4.69, 9.17) is 4.98 Å². The van der Waals surface area contributed by atoms with Crippen molar-refractivity contribution in [2.45, 2.75) is 24.8 Å². The van der Waals surface area contributed by atoms with Crippen molar-refractivity contribution >= 4 is 22.7 Å². The fourth-order valence-corrected chi connectivity index (χ4v) is 4.26. The summed E-state index contributed by atoms with van der Waals surface area (Å²) in [5.74, 6) is 0.764. The molecule has 3 nitrogen and oxygen atoms in total. The van der Waals surface area contributed by atoms with E-state index in [1.54, 1.807) is 16.3 Å². The van der Waals surface area contributed by atoms with Gasteiger partial charge in [-0.3, -0.25) is 9.36 Å². The first-order valence-corrected chi connectivity index (χ1v) is 9.87. The summed E-state index contributed by atoms with van der Waals surface area (Å²) in [5.41, 5.74) is 5.27. The van der Waals surface area contributed by atoms with Gasteiger partial charge in [-0.2, -0.15) is 0 Å². The topological polar surface area (TPSA) is 34.9 Å². The van der Waals surface area contributed by atoms with E-state index in [2.05, 4.69) is 32.0 Å². The molecule has 0 saturated heterocycles. The Hall–Kier alpha value is -2.85. The number of hydrogen-bond donors (Lipinski definition) is 0. The molecule has 134 valence electrons. The molecule has 1 heterocycles. The SMILES string of the molecule is Cc1cc(C)cc(CSc2nc3ccccc3c(=O)n2-c2ccccc2)c1. The van der Waals surface area contributed by atoms with Gasteiger partial charge in [0.1, 0.15) is 0 Å². The lowest BCUT2D eigenvalue weighted by molar-refractivity contribution is 0.819. The molecule has 0 fully saturated rings. The summed E-state index contributed by atoms with van der Waals surface area (Å²) in [7, 11) is 0. The third-order valence-corrected chi connectivity index (χ3v) is 5.42. The highest BCUT2D eigenvalue weighted by atomic mass is 32.2. The van der Waals surface area contributed by atoms with Gasteiger partial charge in [0.2, 0.25) is 0 Å². The summed E-state index contributed by atoms with van der Waals surface area (Å²) >= 11 is 1.59. The second kappa shape index (κ2) is 7.41. The van der Waals surface area contributed by atoms with Crippen LogP contribution in [-0.2, 0) is 5.75 Å². The average Bonchev–Trinajstić information content (AvgIpc) is 2.66. The monoisotopic (exact) mass is 372 g/mol. The van der Waals surface area contributed by atoms with E-state index in [1.807, 2.05) is 54.6 Å². The molecule has 1 aromatic heterocycles. The van der Waals surface area contributed by atoms with Crippen LogP contribution < -0.4 is 5.56 Å². The van der Waals surface area contributed by atoms with Crippen molar-refractivity contribution in [1.29, 1.82) is 0 Å². The molecule has 4 rings (SSSR count). The standard InChI is InChI=1S/C23H20N2OS/c1-16-12-17(2)14-18(13-16)15-27-23-24-21-11-7-6-10-20(21)22(26)25(23)19-8-4-3-5-9-19/h3-14H,15H2,1-2H3. The van der Waals surface area contributed by atoms with Crippen LogP contribution in [0, 0.1) is 13.8 Å². The molecule has 4 heteroatoms. The fourth-order valence-electron chi connectivity index (χ4n) is 3.31. The van der Waals surface area contributed by atoms with Crippen LogP contribution in [0.4, 0.5) is 0 Å². The third kappa shape index (κ3) is 3.67. The van der Waals surface area contributed by atoms with Crippen molar-refractivity contribution in [3.05, 3.63) is 99.8 Å². The second-order valence-corrected chi connectivity index (χ2v) is 7.61. The van der Waals surface area contributed by atoms with E-state index in [9.17, 15) is 4.79 Å². The summed E-state index contributed by atoms with van der Waals surface area (Å²) in [6.45, 7) is 4.21. The lowest BCUT2D eigenvalue weighted by Gasteiger charge is -2.13. The number of hydrogen-bond acceptors (Lipinski definition) is 3. The van der Waals surface area contributed by atoms with Crippen LogP contribution in [0.3, 0.4) is 0 Å². The van der Waals surface area contributed by atoms with Crippen molar-refractivity contribution in [1.82, 2.24) is 9.55 Å². The van der Waals surface area contributed by atoms with Crippen molar-refractivity contribution < 1.29 is 0 Å². The maximum absolute atomic E-state index is 13.2. The van der Waals surface area contributed by atoms with Gasteiger partial charge in [0.05, 0.1) is 16.6 Å². The predicted octanol–water partition coefficient (Wildman–Crippen LogP) is 5.29. The Morgan fingerprint density at radius 1 is 0.889 bits per heavy atom. The first kappa shape index (κ1) is 17.6.